The van der Waals surface area contributed by atoms with Gasteiger partial charge in [0.05, 0.1) is 12.1 Å². The molecular weight excluding hydrogens is 469 g/mol. The van der Waals surface area contributed by atoms with Crippen molar-refractivity contribution in [2.75, 3.05) is 33.2 Å². The summed E-state index contributed by atoms with van der Waals surface area (Å²) in [6.07, 6.45) is 7.39. The maximum absolute atomic E-state index is 13.0. The molecule has 9 heteroatoms. The van der Waals surface area contributed by atoms with Crippen molar-refractivity contribution in [1.82, 2.24) is 20.0 Å². The summed E-state index contributed by atoms with van der Waals surface area (Å²) in [5, 5.41) is 2.52. The van der Waals surface area contributed by atoms with Crippen LogP contribution in [-0.4, -0.2) is 77.9 Å². The first-order chi connectivity index (χ1) is 17.2. The lowest BCUT2D eigenvalue weighted by atomic mass is 10.00. The molecule has 6 nitrogen and oxygen atoms in total. The summed E-state index contributed by atoms with van der Waals surface area (Å²) in [7, 11) is 2.15. The van der Waals surface area contributed by atoms with Gasteiger partial charge in [0.2, 0.25) is 5.91 Å². The first-order valence-electron chi connectivity index (χ1n) is 12.8. The van der Waals surface area contributed by atoms with Crippen molar-refractivity contribution < 1.29 is 22.8 Å². The fraction of sp³-hybridized carbons (Fsp3) is 0.556. The third kappa shape index (κ3) is 4.90. The summed E-state index contributed by atoms with van der Waals surface area (Å²) in [5.41, 5.74) is 0.441. The van der Waals surface area contributed by atoms with Crippen LogP contribution in [0.5, 0.6) is 0 Å². The van der Waals surface area contributed by atoms with Crippen molar-refractivity contribution in [3.8, 4) is 0 Å². The Balaban J connectivity index is 1.15. The number of hydrogen-bond donors (Lipinski definition) is 1. The molecule has 36 heavy (non-hydrogen) atoms. The van der Waals surface area contributed by atoms with Crippen molar-refractivity contribution in [2.24, 2.45) is 5.92 Å². The lowest BCUT2D eigenvalue weighted by Gasteiger charge is -2.32. The zero-order chi connectivity index (χ0) is 25.4. The molecule has 5 rings (SSSR count). The van der Waals surface area contributed by atoms with Crippen LogP contribution in [-0.2, 0) is 11.0 Å². The van der Waals surface area contributed by atoms with Crippen LogP contribution in [0.1, 0.15) is 48.0 Å². The van der Waals surface area contributed by atoms with Crippen molar-refractivity contribution in [1.29, 1.82) is 0 Å². The lowest BCUT2D eigenvalue weighted by Crippen LogP contribution is -2.45. The maximum Gasteiger partial charge on any atom is 0.416 e. The number of nitrogens with one attached hydrogen (secondary N) is 1. The Bertz CT molecular complexity index is 1070. The predicted octanol–water partition coefficient (Wildman–Crippen LogP) is 3.66. The number of fused-ring (bicyclic) bond motifs is 1. The molecule has 3 heterocycles. The van der Waals surface area contributed by atoms with Crippen LogP contribution in [0.15, 0.2) is 48.2 Å². The standard InChI is InChI=1S/C27H33F3N4O2/c1-32-12-3-2-7-22(32)18-8-9-21(16-18)33-13-10-24-23(33)11-14-34(24)25(35)17-31-26(36)19-5-4-6-20(15-19)27(28,29)30/h2-7,15,18,21,23-24H,8-14,16-17H2,1H3,(H,31,36)/t18-,21-,23-,24-/m0/s1. The molecule has 3 fully saturated rings. The second-order valence-corrected chi connectivity index (χ2v) is 10.4. The van der Waals surface area contributed by atoms with Crippen molar-refractivity contribution in [2.45, 2.75) is 56.4 Å². The Labute approximate surface area is 209 Å². The minimum absolute atomic E-state index is 0.103. The van der Waals surface area contributed by atoms with E-state index in [0.29, 0.717) is 24.5 Å². The summed E-state index contributed by atoms with van der Waals surface area (Å²) in [6.45, 7) is 2.38. The van der Waals surface area contributed by atoms with E-state index >= 15 is 0 Å². The zero-order valence-electron chi connectivity index (χ0n) is 20.5. The van der Waals surface area contributed by atoms with Gasteiger partial charge in [-0.2, -0.15) is 13.2 Å². The molecule has 4 aliphatic rings. The number of likely N-dealkylation sites (N-methyl/N-ethyl adjacent to an activating group) is 1. The SMILES string of the molecule is CN1CC=CC=C1[C@H]1CC[C@H](N2CC[C@H]3[C@@H]2CCN3C(=O)CNC(=O)c2cccc(C(F)(F)F)c2)C1. The molecule has 1 saturated carbocycles. The molecule has 0 unspecified atom stereocenters. The second-order valence-electron chi connectivity index (χ2n) is 10.4. The van der Waals surface area contributed by atoms with Crippen LogP contribution in [0, 0.1) is 5.92 Å². The fourth-order valence-electron chi connectivity index (χ4n) is 6.57. The number of carbonyl (C=O) groups is 2. The highest BCUT2D eigenvalue weighted by Crippen LogP contribution is 2.41. The number of likely N-dealkylation sites (tertiary alicyclic amines) is 2. The Morgan fingerprint density at radius 3 is 2.67 bits per heavy atom. The van der Waals surface area contributed by atoms with Gasteiger partial charge in [0.25, 0.3) is 5.91 Å². The first kappa shape index (κ1) is 24.9. The minimum atomic E-state index is -4.52. The average Bonchev–Trinajstić information content (AvgIpc) is 3.59. The van der Waals surface area contributed by atoms with Gasteiger partial charge in [-0.25, -0.2) is 0 Å². The number of nitrogens with zero attached hydrogens (tertiary/aromatic N) is 3. The minimum Gasteiger partial charge on any atom is -0.374 e. The van der Waals surface area contributed by atoms with E-state index in [2.05, 4.69) is 40.4 Å². The Kier molecular flexibility index (Phi) is 6.85. The molecule has 1 aliphatic carbocycles. The summed E-state index contributed by atoms with van der Waals surface area (Å²) < 4.78 is 38.8. The van der Waals surface area contributed by atoms with Crippen molar-refractivity contribution >= 4 is 11.8 Å². The van der Waals surface area contributed by atoms with Gasteiger partial charge in [-0.1, -0.05) is 18.2 Å². The highest BCUT2D eigenvalue weighted by Gasteiger charge is 2.47. The largest absolute Gasteiger partial charge is 0.416 e. The molecule has 2 saturated heterocycles. The van der Waals surface area contributed by atoms with Gasteiger partial charge < -0.3 is 15.1 Å². The van der Waals surface area contributed by atoms with Gasteiger partial charge >= 0.3 is 6.18 Å². The Morgan fingerprint density at radius 1 is 1.08 bits per heavy atom. The van der Waals surface area contributed by atoms with E-state index in [4.69, 9.17) is 0 Å². The van der Waals surface area contributed by atoms with Crippen LogP contribution in [0.25, 0.3) is 0 Å². The molecule has 0 aromatic heterocycles. The molecule has 0 spiro atoms. The van der Waals surface area contributed by atoms with E-state index in [0.717, 1.165) is 44.5 Å². The third-order valence-electron chi connectivity index (χ3n) is 8.31. The van der Waals surface area contributed by atoms with E-state index in [-0.39, 0.29) is 24.1 Å². The molecule has 0 bridgehead atoms. The topological polar surface area (TPSA) is 55.9 Å². The molecule has 194 valence electrons. The maximum atomic E-state index is 13.0. The fourth-order valence-corrected chi connectivity index (χ4v) is 6.57. The highest BCUT2D eigenvalue weighted by atomic mass is 19.4. The van der Waals surface area contributed by atoms with Crippen LogP contribution < -0.4 is 5.32 Å². The van der Waals surface area contributed by atoms with E-state index in [1.165, 1.54) is 30.7 Å². The van der Waals surface area contributed by atoms with Gasteiger partial charge in [-0.05, 0) is 56.4 Å². The summed E-state index contributed by atoms with van der Waals surface area (Å²) in [6, 6.07) is 5.27. The van der Waals surface area contributed by atoms with E-state index in [1.807, 2.05) is 4.90 Å². The summed E-state index contributed by atoms with van der Waals surface area (Å²) in [4.78, 5) is 32.2. The Morgan fingerprint density at radius 2 is 1.89 bits per heavy atom. The van der Waals surface area contributed by atoms with Gasteiger partial charge in [0.15, 0.2) is 0 Å². The molecule has 1 aromatic carbocycles. The monoisotopic (exact) mass is 502 g/mol. The predicted molar refractivity (Wildman–Crippen MR) is 130 cm³/mol. The van der Waals surface area contributed by atoms with Crippen LogP contribution in [0.3, 0.4) is 0 Å². The van der Waals surface area contributed by atoms with Gasteiger partial charge in [0, 0.05) is 62.0 Å². The van der Waals surface area contributed by atoms with Crippen LogP contribution in [0.4, 0.5) is 13.2 Å². The van der Waals surface area contributed by atoms with E-state index in [9.17, 15) is 22.8 Å². The number of rotatable bonds is 5. The average molecular weight is 503 g/mol. The Hall–Kier alpha value is -2.81. The van der Waals surface area contributed by atoms with Gasteiger partial charge in [-0.15, -0.1) is 0 Å². The molecule has 2 amide bonds. The number of allylic oxidation sites excluding steroid dienone is 3. The normalized spacial score (nSPS) is 28.4. The summed E-state index contributed by atoms with van der Waals surface area (Å²) in [5.74, 6) is -0.268. The zero-order valence-corrected chi connectivity index (χ0v) is 20.5. The molecule has 3 aliphatic heterocycles. The van der Waals surface area contributed by atoms with Gasteiger partial charge in [0.1, 0.15) is 0 Å². The number of halogens is 3. The van der Waals surface area contributed by atoms with E-state index in [1.54, 1.807) is 0 Å². The van der Waals surface area contributed by atoms with E-state index < -0.39 is 17.6 Å². The quantitative estimate of drug-likeness (QED) is 0.668. The molecular formula is C27H33F3N4O2. The lowest BCUT2D eigenvalue weighted by molar-refractivity contribution is -0.137. The number of amides is 2. The number of benzene rings is 1. The van der Waals surface area contributed by atoms with Crippen LogP contribution in [0.2, 0.25) is 0 Å². The summed E-state index contributed by atoms with van der Waals surface area (Å²) >= 11 is 0. The number of alkyl halides is 3. The molecule has 1 N–H and O–H groups in total. The van der Waals surface area contributed by atoms with Crippen LogP contribution >= 0.6 is 0 Å². The molecule has 1 aromatic rings. The molecule has 4 atom stereocenters. The molecule has 0 radical (unpaired) electrons. The second kappa shape index (κ2) is 9.92. The number of hydrogen-bond acceptors (Lipinski definition) is 4. The smallest absolute Gasteiger partial charge is 0.374 e. The van der Waals surface area contributed by atoms with Crippen molar-refractivity contribution in [3.63, 3.8) is 0 Å². The number of carbonyl (C=O) groups excluding carboxylic acids is 2. The third-order valence-corrected chi connectivity index (χ3v) is 8.31. The van der Waals surface area contributed by atoms with Crippen molar-refractivity contribution in [3.05, 3.63) is 59.3 Å². The first-order valence-corrected chi connectivity index (χ1v) is 12.8. The van der Waals surface area contributed by atoms with Gasteiger partial charge in [-0.3, -0.25) is 14.5 Å². The highest BCUT2D eigenvalue weighted by molar-refractivity contribution is 5.96.